The predicted molar refractivity (Wildman–Crippen MR) is 93.7 cm³/mol. The fraction of sp³-hybridized carbons (Fsp3) is 0. The van der Waals surface area contributed by atoms with E-state index in [9.17, 15) is 0 Å². The molecule has 4 rings (SSSR count). The van der Waals surface area contributed by atoms with Crippen molar-refractivity contribution in [3.63, 3.8) is 0 Å². The molecule has 0 atom stereocenters. The van der Waals surface area contributed by atoms with Gasteiger partial charge in [0.05, 0.1) is 0 Å². The molecule has 0 nitrogen and oxygen atoms in total. The van der Waals surface area contributed by atoms with Crippen LogP contribution in [0.2, 0.25) is 0 Å². The molecule has 0 N–H and O–H groups in total. The van der Waals surface area contributed by atoms with Crippen molar-refractivity contribution in [3.05, 3.63) is 97.1 Å². The minimum absolute atomic E-state index is 1.16. The van der Waals surface area contributed by atoms with Crippen LogP contribution in [0.25, 0.3) is 33.0 Å². The third-order valence-electron chi connectivity index (χ3n) is 4.01. The van der Waals surface area contributed by atoms with Crippen LogP contribution in [0.4, 0.5) is 0 Å². The number of rotatable bonds is 2. The van der Waals surface area contributed by atoms with Crippen LogP contribution in [0.3, 0.4) is 0 Å². The van der Waals surface area contributed by atoms with Crippen LogP contribution in [0.5, 0.6) is 0 Å². The molecular weight excluding hydrogens is 264 g/mol. The smallest absolute Gasteiger partial charge is 0.00987 e. The first kappa shape index (κ1) is 12.8. The lowest BCUT2D eigenvalue weighted by molar-refractivity contribution is 1.60. The van der Waals surface area contributed by atoms with Crippen molar-refractivity contribution in [1.82, 2.24) is 0 Å². The van der Waals surface area contributed by atoms with Crippen LogP contribution in [0.15, 0.2) is 91.0 Å². The van der Waals surface area contributed by atoms with Gasteiger partial charge in [0.15, 0.2) is 0 Å². The van der Waals surface area contributed by atoms with E-state index in [0.29, 0.717) is 0 Å². The van der Waals surface area contributed by atoms with E-state index in [0.717, 1.165) is 5.39 Å². The Hall–Kier alpha value is -2.86. The van der Waals surface area contributed by atoms with Crippen LogP contribution in [0.1, 0.15) is 0 Å². The Balaban J connectivity index is 1.80. The molecule has 4 aromatic rings. The lowest BCUT2D eigenvalue weighted by atomic mass is 9.96. The Morgan fingerprint density at radius 3 is 1.95 bits per heavy atom. The molecule has 0 heteroatoms. The number of hydrogen-bond acceptors (Lipinski definition) is 0. The normalized spacial score (nSPS) is 10.7. The van der Waals surface area contributed by atoms with Gasteiger partial charge in [-0.1, -0.05) is 91.0 Å². The number of fused-ring (bicyclic) bond motifs is 1. The topological polar surface area (TPSA) is 0 Å². The fourth-order valence-electron chi connectivity index (χ4n) is 2.87. The molecule has 0 aliphatic rings. The van der Waals surface area contributed by atoms with Gasteiger partial charge >= 0.3 is 0 Å². The van der Waals surface area contributed by atoms with Crippen molar-refractivity contribution < 1.29 is 0 Å². The second-order valence-electron chi connectivity index (χ2n) is 5.38. The Morgan fingerprint density at radius 1 is 0.500 bits per heavy atom. The first-order chi connectivity index (χ1) is 10.9. The molecule has 0 aliphatic carbocycles. The molecule has 0 bridgehead atoms. The first-order valence-electron chi connectivity index (χ1n) is 7.47. The van der Waals surface area contributed by atoms with Gasteiger partial charge in [-0.15, -0.1) is 0 Å². The van der Waals surface area contributed by atoms with Gasteiger partial charge in [0, 0.05) is 0 Å². The maximum Gasteiger partial charge on any atom is -0.00987 e. The Morgan fingerprint density at radius 2 is 1.14 bits per heavy atom. The van der Waals surface area contributed by atoms with E-state index in [1.165, 1.54) is 27.6 Å². The van der Waals surface area contributed by atoms with Crippen LogP contribution in [0, 0.1) is 6.07 Å². The summed E-state index contributed by atoms with van der Waals surface area (Å²) < 4.78 is 0. The van der Waals surface area contributed by atoms with Gasteiger partial charge in [0.25, 0.3) is 0 Å². The summed E-state index contributed by atoms with van der Waals surface area (Å²) in [5.74, 6) is 0. The highest BCUT2D eigenvalue weighted by molar-refractivity contribution is 5.96. The van der Waals surface area contributed by atoms with Gasteiger partial charge in [-0.2, -0.15) is 0 Å². The maximum atomic E-state index is 3.30. The van der Waals surface area contributed by atoms with E-state index in [1.54, 1.807) is 0 Å². The van der Waals surface area contributed by atoms with Crippen LogP contribution in [-0.4, -0.2) is 0 Å². The second kappa shape index (κ2) is 5.50. The molecule has 22 heavy (non-hydrogen) atoms. The third kappa shape index (κ3) is 2.29. The van der Waals surface area contributed by atoms with Crippen LogP contribution < -0.4 is 0 Å². The largest absolute Gasteiger partial charge is 0.0622 e. The zero-order valence-electron chi connectivity index (χ0n) is 12.2. The van der Waals surface area contributed by atoms with E-state index in [2.05, 4.69) is 84.9 Å². The molecule has 0 saturated carbocycles. The Bertz CT molecular complexity index is 898. The lowest BCUT2D eigenvalue weighted by Gasteiger charge is -2.08. The van der Waals surface area contributed by atoms with E-state index >= 15 is 0 Å². The van der Waals surface area contributed by atoms with Crippen LogP contribution >= 0.6 is 0 Å². The molecule has 0 saturated heterocycles. The maximum absolute atomic E-state index is 3.30. The average Bonchev–Trinajstić information content (AvgIpc) is 2.62. The zero-order chi connectivity index (χ0) is 14.8. The summed E-state index contributed by atoms with van der Waals surface area (Å²) in [5.41, 5.74) is 5.00. The summed E-state index contributed by atoms with van der Waals surface area (Å²) in [4.78, 5) is 0. The van der Waals surface area contributed by atoms with E-state index in [1.807, 2.05) is 12.1 Å². The van der Waals surface area contributed by atoms with Gasteiger partial charge in [0.1, 0.15) is 0 Å². The Labute approximate surface area is 130 Å². The lowest BCUT2D eigenvalue weighted by Crippen LogP contribution is -1.82. The molecule has 0 aromatic heterocycles. The summed E-state index contributed by atoms with van der Waals surface area (Å²) in [7, 11) is 0. The summed E-state index contributed by atoms with van der Waals surface area (Å²) in [6, 6.07) is 35.1. The SMILES string of the molecule is [c]1ccc(-c2ccc(-c3ccccc3)cc2)c2ccccc12. The first-order valence-corrected chi connectivity index (χ1v) is 7.47. The average molecular weight is 279 g/mol. The number of hydrogen-bond donors (Lipinski definition) is 0. The summed E-state index contributed by atoms with van der Waals surface area (Å²) in [5, 5.41) is 2.41. The molecule has 103 valence electrons. The van der Waals surface area contributed by atoms with E-state index in [4.69, 9.17) is 0 Å². The minimum Gasteiger partial charge on any atom is -0.0622 e. The van der Waals surface area contributed by atoms with Crippen molar-refractivity contribution in [1.29, 1.82) is 0 Å². The molecule has 4 aromatic carbocycles. The molecule has 0 amide bonds. The number of benzene rings is 4. The fourth-order valence-corrected chi connectivity index (χ4v) is 2.87. The monoisotopic (exact) mass is 279 g/mol. The highest BCUT2D eigenvalue weighted by Crippen LogP contribution is 2.30. The van der Waals surface area contributed by atoms with Crippen molar-refractivity contribution in [2.24, 2.45) is 0 Å². The molecule has 0 spiro atoms. The van der Waals surface area contributed by atoms with Gasteiger partial charge in [-0.3, -0.25) is 0 Å². The minimum atomic E-state index is 1.16. The molecule has 0 unspecified atom stereocenters. The molecular formula is C22H15. The van der Waals surface area contributed by atoms with Gasteiger partial charge in [0.2, 0.25) is 0 Å². The molecule has 0 fully saturated rings. The van der Waals surface area contributed by atoms with Crippen molar-refractivity contribution in [2.75, 3.05) is 0 Å². The van der Waals surface area contributed by atoms with Gasteiger partial charge < -0.3 is 0 Å². The highest BCUT2D eigenvalue weighted by atomic mass is 14.1. The molecule has 1 radical (unpaired) electrons. The van der Waals surface area contributed by atoms with Crippen molar-refractivity contribution in [2.45, 2.75) is 0 Å². The molecule has 0 heterocycles. The molecule has 0 aliphatic heterocycles. The van der Waals surface area contributed by atoms with Crippen molar-refractivity contribution in [3.8, 4) is 22.3 Å². The predicted octanol–water partition coefficient (Wildman–Crippen LogP) is 5.97. The van der Waals surface area contributed by atoms with E-state index in [-0.39, 0.29) is 0 Å². The summed E-state index contributed by atoms with van der Waals surface area (Å²) in [6.07, 6.45) is 0. The van der Waals surface area contributed by atoms with Gasteiger partial charge in [-0.25, -0.2) is 0 Å². The summed E-state index contributed by atoms with van der Waals surface area (Å²) in [6.45, 7) is 0. The summed E-state index contributed by atoms with van der Waals surface area (Å²) >= 11 is 0. The zero-order valence-corrected chi connectivity index (χ0v) is 12.2. The van der Waals surface area contributed by atoms with E-state index < -0.39 is 0 Å². The quantitative estimate of drug-likeness (QED) is 0.424. The third-order valence-corrected chi connectivity index (χ3v) is 4.01. The van der Waals surface area contributed by atoms with Gasteiger partial charge in [-0.05, 0) is 39.1 Å². The highest BCUT2D eigenvalue weighted by Gasteiger charge is 2.04. The van der Waals surface area contributed by atoms with Crippen molar-refractivity contribution >= 4 is 10.8 Å². The van der Waals surface area contributed by atoms with Crippen LogP contribution in [-0.2, 0) is 0 Å². The second-order valence-corrected chi connectivity index (χ2v) is 5.38. The Kier molecular flexibility index (Phi) is 3.21. The standard InChI is InChI=1S/C22H15/c1-2-7-17(8-3-1)18-13-15-20(16-14-18)22-12-6-10-19-9-4-5-11-21(19)22/h1-9,11-16H.